The zero-order valence-corrected chi connectivity index (χ0v) is 15.6. The molecule has 1 aliphatic heterocycles. The van der Waals surface area contributed by atoms with Crippen LogP contribution in [-0.4, -0.2) is 61.5 Å². The van der Waals surface area contributed by atoms with E-state index in [1.165, 1.54) is 21.4 Å². The number of carbonyl (C=O) groups excluding carboxylic acids is 1. The highest BCUT2D eigenvalue weighted by atomic mass is 32.2. The Kier molecular flexibility index (Phi) is 5.40. The van der Waals surface area contributed by atoms with E-state index in [1.54, 1.807) is 11.9 Å². The Hall–Kier alpha value is -2.23. The summed E-state index contributed by atoms with van der Waals surface area (Å²) in [6.45, 7) is 3.34. The Morgan fingerprint density at radius 3 is 2.73 bits per heavy atom. The smallest absolute Gasteiger partial charge is 0.262 e. The van der Waals surface area contributed by atoms with E-state index in [0.29, 0.717) is 26.3 Å². The molecule has 0 bridgehead atoms. The Morgan fingerprint density at radius 2 is 2.04 bits per heavy atom. The third-order valence-corrected chi connectivity index (χ3v) is 6.05. The fourth-order valence-corrected chi connectivity index (χ4v) is 4.06. The molecule has 2 heterocycles. The number of amides is 1. The number of likely N-dealkylation sites (N-methyl/N-ethyl adjacent to an activating group) is 1. The molecule has 3 rings (SSSR count). The van der Waals surface area contributed by atoms with Crippen LogP contribution >= 0.6 is 0 Å². The van der Waals surface area contributed by atoms with Gasteiger partial charge in [-0.05, 0) is 24.6 Å². The fraction of sp³-hybridized carbons (Fsp3) is 0.412. The van der Waals surface area contributed by atoms with Gasteiger partial charge in [0.15, 0.2) is 5.03 Å². The fourth-order valence-electron chi connectivity index (χ4n) is 2.72. The summed E-state index contributed by atoms with van der Waals surface area (Å²) in [5.74, 6) is -0.164. The van der Waals surface area contributed by atoms with Gasteiger partial charge in [-0.3, -0.25) is 4.79 Å². The van der Waals surface area contributed by atoms with E-state index in [1.807, 2.05) is 31.2 Å². The summed E-state index contributed by atoms with van der Waals surface area (Å²) in [7, 11) is -1.96. The minimum atomic E-state index is -3.66. The van der Waals surface area contributed by atoms with Crippen molar-refractivity contribution in [2.75, 3.05) is 38.3 Å². The molecule has 2 aromatic rings. The zero-order valence-electron chi connectivity index (χ0n) is 14.8. The van der Waals surface area contributed by atoms with E-state index in [2.05, 4.69) is 4.98 Å². The molecular formula is C17H22N4O4S. The predicted molar refractivity (Wildman–Crippen MR) is 96.4 cm³/mol. The highest BCUT2D eigenvalue weighted by molar-refractivity contribution is 7.89. The number of anilines is 1. The Bertz CT molecular complexity index is 888. The van der Waals surface area contributed by atoms with Crippen molar-refractivity contribution in [1.29, 1.82) is 0 Å². The number of sulfonamides is 1. The predicted octanol–water partition coefficient (Wildman–Crippen LogP) is 0.875. The average molecular weight is 378 g/mol. The second-order valence-electron chi connectivity index (χ2n) is 6.19. The molecular weight excluding hydrogens is 356 g/mol. The van der Waals surface area contributed by atoms with Crippen LogP contribution in [0.15, 0.2) is 41.8 Å². The summed E-state index contributed by atoms with van der Waals surface area (Å²) in [5.41, 5.74) is 1.85. The molecule has 0 saturated carbocycles. The number of aromatic nitrogens is 2. The second-order valence-corrected chi connectivity index (χ2v) is 8.08. The largest absolute Gasteiger partial charge is 0.379 e. The lowest BCUT2D eigenvalue weighted by Gasteiger charge is -2.24. The molecule has 0 aliphatic carbocycles. The van der Waals surface area contributed by atoms with Crippen molar-refractivity contribution in [2.24, 2.45) is 0 Å². The van der Waals surface area contributed by atoms with Gasteiger partial charge in [-0.2, -0.15) is 4.31 Å². The summed E-state index contributed by atoms with van der Waals surface area (Å²) < 4.78 is 33.2. The van der Waals surface area contributed by atoms with Gasteiger partial charge in [0.1, 0.15) is 6.54 Å². The monoisotopic (exact) mass is 378 g/mol. The maximum Gasteiger partial charge on any atom is 0.262 e. The first-order valence-electron chi connectivity index (χ1n) is 8.31. The van der Waals surface area contributed by atoms with Crippen LogP contribution in [0, 0.1) is 6.92 Å². The molecule has 1 amide bonds. The number of carbonyl (C=O) groups is 1. The van der Waals surface area contributed by atoms with E-state index in [-0.39, 0.29) is 17.5 Å². The third kappa shape index (κ3) is 3.95. The molecule has 1 fully saturated rings. The van der Waals surface area contributed by atoms with Crippen molar-refractivity contribution in [2.45, 2.75) is 18.5 Å². The van der Waals surface area contributed by atoms with Crippen molar-refractivity contribution >= 4 is 21.6 Å². The minimum absolute atomic E-state index is 0.00999. The van der Waals surface area contributed by atoms with E-state index in [9.17, 15) is 13.2 Å². The van der Waals surface area contributed by atoms with Crippen LogP contribution in [0.5, 0.6) is 0 Å². The molecule has 0 spiro atoms. The molecule has 8 nitrogen and oxygen atoms in total. The summed E-state index contributed by atoms with van der Waals surface area (Å²) in [6.07, 6.45) is 2.77. The van der Waals surface area contributed by atoms with E-state index in [0.717, 1.165) is 11.3 Å². The molecule has 1 saturated heterocycles. The minimum Gasteiger partial charge on any atom is -0.379 e. The number of nitrogens with zero attached hydrogens (tertiary/aromatic N) is 4. The van der Waals surface area contributed by atoms with Gasteiger partial charge in [-0.25, -0.2) is 13.4 Å². The summed E-state index contributed by atoms with van der Waals surface area (Å²) in [6, 6.07) is 7.62. The first kappa shape index (κ1) is 18.6. The maximum absolute atomic E-state index is 12.6. The summed E-state index contributed by atoms with van der Waals surface area (Å²) in [4.78, 5) is 18.0. The Labute approximate surface area is 153 Å². The van der Waals surface area contributed by atoms with Crippen LogP contribution in [0.3, 0.4) is 0 Å². The lowest BCUT2D eigenvalue weighted by Crippen LogP contribution is -2.40. The normalized spacial score (nSPS) is 15.8. The zero-order chi connectivity index (χ0) is 18.7. The number of imidazole rings is 1. The van der Waals surface area contributed by atoms with Gasteiger partial charge in [0, 0.05) is 32.0 Å². The maximum atomic E-state index is 12.6. The topological polar surface area (TPSA) is 84.7 Å². The van der Waals surface area contributed by atoms with Gasteiger partial charge in [0.25, 0.3) is 10.0 Å². The van der Waals surface area contributed by atoms with Crippen molar-refractivity contribution in [3.05, 3.63) is 42.4 Å². The van der Waals surface area contributed by atoms with Crippen LogP contribution < -0.4 is 4.90 Å². The molecule has 0 radical (unpaired) electrons. The van der Waals surface area contributed by atoms with Crippen molar-refractivity contribution in [3.63, 3.8) is 0 Å². The van der Waals surface area contributed by atoms with Crippen molar-refractivity contribution in [3.8, 4) is 0 Å². The molecule has 26 heavy (non-hydrogen) atoms. The first-order valence-corrected chi connectivity index (χ1v) is 9.75. The van der Waals surface area contributed by atoms with Crippen molar-refractivity contribution < 1.29 is 17.9 Å². The van der Waals surface area contributed by atoms with Gasteiger partial charge in [-0.1, -0.05) is 12.1 Å². The van der Waals surface area contributed by atoms with Crippen LogP contribution in [0.2, 0.25) is 0 Å². The van der Waals surface area contributed by atoms with Crippen LogP contribution in [-0.2, 0) is 26.1 Å². The number of rotatable bonds is 5. The third-order valence-electron chi connectivity index (χ3n) is 4.26. The molecule has 140 valence electrons. The van der Waals surface area contributed by atoms with Gasteiger partial charge in [0.05, 0.1) is 19.5 Å². The second kappa shape index (κ2) is 7.56. The average Bonchev–Trinajstić information content (AvgIpc) is 3.11. The Balaban J connectivity index is 1.70. The molecule has 1 aromatic carbocycles. The first-order chi connectivity index (χ1) is 12.4. The molecule has 0 atom stereocenters. The highest BCUT2D eigenvalue weighted by Crippen LogP contribution is 2.17. The molecule has 0 unspecified atom stereocenters. The number of ether oxygens (including phenoxy) is 1. The summed E-state index contributed by atoms with van der Waals surface area (Å²) in [5, 5.41) is -0.0505. The molecule has 1 aromatic heterocycles. The molecule has 1 aliphatic rings. The van der Waals surface area contributed by atoms with Crippen molar-refractivity contribution in [1.82, 2.24) is 13.9 Å². The van der Waals surface area contributed by atoms with Gasteiger partial charge in [-0.15, -0.1) is 0 Å². The van der Waals surface area contributed by atoms with Crippen LogP contribution in [0.25, 0.3) is 0 Å². The van der Waals surface area contributed by atoms with Gasteiger partial charge >= 0.3 is 0 Å². The lowest BCUT2D eigenvalue weighted by atomic mass is 10.2. The number of aryl methyl sites for hydroxylation is 1. The van der Waals surface area contributed by atoms with Gasteiger partial charge < -0.3 is 14.2 Å². The van der Waals surface area contributed by atoms with Gasteiger partial charge in [0.2, 0.25) is 5.91 Å². The lowest BCUT2D eigenvalue weighted by molar-refractivity contribution is -0.118. The van der Waals surface area contributed by atoms with Crippen LogP contribution in [0.4, 0.5) is 5.69 Å². The van der Waals surface area contributed by atoms with E-state index >= 15 is 0 Å². The number of morpholine rings is 1. The number of hydrogen-bond donors (Lipinski definition) is 0. The SMILES string of the molecule is Cc1cccc(N(C)C(=O)Cn2cnc(S(=O)(=O)N3CCOCC3)c2)c1. The Morgan fingerprint density at radius 1 is 1.31 bits per heavy atom. The standard InChI is InChI=1S/C17H22N4O4S/c1-14-4-3-5-15(10-14)19(2)17(22)12-20-11-16(18-13-20)26(23,24)21-6-8-25-9-7-21/h3-5,10-11,13H,6-9,12H2,1-2H3. The number of benzene rings is 1. The summed E-state index contributed by atoms with van der Waals surface area (Å²) >= 11 is 0. The van der Waals surface area contributed by atoms with E-state index in [4.69, 9.17) is 4.74 Å². The highest BCUT2D eigenvalue weighted by Gasteiger charge is 2.28. The quantitative estimate of drug-likeness (QED) is 0.771. The number of hydrogen-bond acceptors (Lipinski definition) is 5. The molecule has 0 N–H and O–H groups in total. The van der Waals surface area contributed by atoms with Crippen LogP contribution in [0.1, 0.15) is 5.56 Å². The molecule has 9 heteroatoms. The van der Waals surface area contributed by atoms with E-state index < -0.39 is 10.0 Å².